The Balaban J connectivity index is 1.72. The third kappa shape index (κ3) is 6.05. The summed E-state index contributed by atoms with van der Waals surface area (Å²) in [5, 5.41) is 13.3. The normalized spacial score (nSPS) is 14.2. The number of nitrogens with one attached hydrogen (secondary N) is 1. The Bertz CT molecular complexity index is 1550. The van der Waals surface area contributed by atoms with Crippen LogP contribution in [0.1, 0.15) is 23.6 Å². The van der Waals surface area contributed by atoms with E-state index in [1.807, 2.05) is 0 Å². The fourth-order valence-corrected chi connectivity index (χ4v) is 4.37. The second-order valence-corrected chi connectivity index (χ2v) is 8.94. The number of rotatable bonds is 10. The molecule has 0 saturated carbocycles. The van der Waals surface area contributed by atoms with Crippen LogP contribution in [0.5, 0.6) is 11.5 Å². The van der Waals surface area contributed by atoms with Gasteiger partial charge in [0.25, 0.3) is 17.5 Å². The van der Waals surface area contributed by atoms with Gasteiger partial charge in [-0.1, -0.05) is 30.3 Å². The molecule has 9 nitrogen and oxygen atoms in total. The Morgan fingerprint density at radius 3 is 2.60 bits per heavy atom. The van der Waals surface area contributed by atoms with Crippen molar-refractivity contribution in [1.82, 2.24) is 5.32 Å². The quantitative estimate of drug-likeness (QED) is 0.0896. The van der Waals surface area contributed by atoms with Crippen LogP contribution in [-0.2, 0) is 22.6 Å². The number of hydrogen-bond acceptors (Lipinski definition) is 7. The lowest BCUT2D eigenvalue weighted by atomic mass is 10.0. The molecule has 3 aromatic rings. The molecule has 11 heteroatoms. The first-order valence-electron chi connectivity index (χ1n) is 12.2. The molecule has 0 atom stereocenters. The molecule has 0 aromatic heterocycles. The van der Waals surface area contributed by atoms with Gasteiger partial charge in [0, 0.05) is 17.7 Å². The van der Waals surface area contributed by atoms with Crippen LogP contribution in [0.3, 0.4) is 0 Å². The maximum Gasteiger partial charge on any atom is 0.270 e. The van der Waals surface area contributed by atoms with Crippen LogP contribution < -0.4 is 19.7 Å². The third-order valence-electron chi connectivity index (χ3n) is 5.83. The van der Waals surface area contributed by atoms with Gasteiger partial charge in [-0.15, -0.1) is 6.58 Å². The molecule has 1 aliphatic heterocycles. The first-order valence-corrected chi connectivity index (χ1v) is 12.6. The monoisotopic (exact) mass is 561 g/mol. The van der Waals surface area contributed by atoms with Gasteiger partial charge in [0.1, 0.15) is 18.0 Å². The summed E-state index contributed by atoms with van der Waals surface area (Å²) in [5.74, 6) is -1.45. The Labute approximate surface area is 234 Å². The van der Waals surface area contributed by atoms with Crippen LogP contribution >= 0.6 is 12.2 Å². The van der Waals surface area contributed by atoms with Gasteiger partial charge in [-0.05, 0) is 67.0 Å². The van der Waals surface area contributed by atoms with Crippen molar-refractivity contribution < 1.29 is 28.4 Å². The van der Waals surface area contributed by atoms with Crippen molar-refractivity contribution in [3.05, 3.63) is 112 Å². The van der Waals surface area contributed by atoms with Crippen LogP contribution in [0, 0.1) is 15.9 Å². The number of benzene rings is 3. The van der Waals surface area contributed by atoms with Gasteiger partial charge in [-0.2, -0.15) is 0 Å². The van der Waals surface area contributed by atoms with E-state index in [9.17, 15) is 24.1 Å². The molecule has 0 bridgehead atoms. The summed E-state index contributed by atoms with van der Waals surface area (Å²) < 4.78 is 26.4. The van der Waals surface area contributed by atoms with E-state index in [4.69, 9.17) is 21.7 Å². The molecular formula is C29H24FN3O6S. The standard InChI is InChI=1S/C29H24FN3O6S/c1-3-8-20-13-19(15-22-27(34)31-29(40)32(28(22)35)24-12-6-5-11-23(24)30)16-25(38-4-2)26(20)39-17-18-9-7-10-21(14-18)33(36)37/h3,5-7,9-16H,1,4,8,17H2,2H3,(H,31,34,40)/b22-15+. The zero-order chi connectivity index (χ0) is 28.8. The lowest BCUT2D eigenvalue weighted by molar-refractivity contribution is -0.384. The highest BCUT2D eigenvalue weighted by Gasteiger charge is 2.35. The van der Waals surface area contributed by atoms with Gasteiger partial charge >= 0.3 is 0 Å². The molecule has 1 saturated heterocycles. The lowest BCUT2D eigenvalue weighted by Gasteiger charge is -2.29. The number of hydrogen-bond donors (Lipinski definition) is 1. The zero-order valence-corrected chi connectivity index (χ0v) is 22.2. The molecule has 0 radical (unpaired) electrons. The molecule has 1 fully saturated rings. The molecule has 4 rings (SSSR count). The number of carbonyl (C=O) groups is 2. The maximum absolute atomic E-state index is 14.5. The molecule has 0 spiro atoms. The number of nitro groups is 1. The van der Waals surface area contributed by atoms with Crippen LogP contribution in [0.15, 0.2) is 78.9 Å². The Kier molecular flexibility index (Phi) is 8.65. The minimum atomic E-state index is -0.784. The SMILES string of the molecule is C=CCc1cc(/C=C2\C(=O)NC(=S)N(c3ccccc3F)C2=O)cc(OCC)c1OCc1cccc([N+](=O)[O-])c1. The number of halogens is 1. The summed E-state index contributed by atoms with van der Waals surface area (Å²) in [6.45, 7) is 5.89. The molecule has 1 heterocycles. The Morgan fingerprint density at radius 1 is 1.12 bits per heavy atom. The summed E-state index contributed by atoms with van der Waals surface area (Å²) in [7, 11) is 0. The van der Waals surface area contributed by atoms with E-state index in [0.29, 0.717) is 34.6 Å². The number of carbonyl (C=O) groups excluding carboxylic acids is 2. The predicted molar refractivity (Wildman–Crippen MR) is 152 cm³/mol. The summed E-state index contributed by atoms with van der Waals surface area (Å²) in [6, 6.07) is 15.0. The Morgan fingerprint density at radius 2 is 1.90 bits per heavy atom. The van der Waals surface area contributed by atoms with Crippen molar-refractivity contribution in [2.75, 3.05) is 11.5 Å². The molecule has 40 heavy (non-hydrogen) atoms. The summed E-state index contributed by atoms with van der Waals surface area (Å²) in [5.41, 5.74) is 1.27. The van der Waals surface area contributed by atoms with Crippen LogP contribution in [0.4, 0.5) is 15.8 Å². The average Bonchev–Trinajstić information content (AvgIpc) is 2.92. The van der Waals surface area contributed by atoms with Gasteiger partial charge in [0.15, 0.2) is 16.6 Å². The van der Waals surface area contributed by atoms with E-state index >= 15 is 0 Å². The summed E-state index contributed by atoms with van der Waals surface area (Å²) >= 11 is 5.15. The second kappa shape index (κ2) is 12.3. The molecule has 0 unspecified atom stereocenters. The fourth-order valence-electron chi connectivity index (χ4n) is 4.09. The van der Waals surface area contributed by atoms with E-state index in [2.05, 4.69) is 11.9 Å². The average molecular weight is 562 g/mol. The molecular weight excluding hydrogens is 537 g/mol. The minimum Gasteiger partial charge on any atom is -0.490 e. The Hall–Kier alpha value is -4.90. The van der Waals surface area contributed by atoms with Crippen molar-refractivity contribution in [3.8, 4) is 11.5 Å². The molecule has 2 amide bonds. The first kappa shape index (κ1) is 28.1. The maximum atomic E-state index is 14.5. The second-order valence-electron chi connectivity index (χ2n) is 8.56. The van der Waals surface area contributed by atoms with Gasteiger partial charge in [-0.3, -0.25) is 25.0 Å². The smallest absolute Gasteiger partial charge is 0.270 e. The van der Waals surface area contributed by atoms with Crippen molar-refractivity contribution in [2.45, 2.75) is 20.0 Å². The number of non-ortho nitro benzene ring substituents is 1. The topological polar surface area (TPSA) is 111 Å². The van der Waals surface area contributed by atoms with Crippen molar-refractivity contribution >= 4 is 46.6 Å². The van der Waals surface area contributed by atoms with E-state index in [-0.39, 0.29) is 35.3 Å². The van der Waals surface area contributed by atoms with Crippen LogP contribution in [0.2, 0.25) is 0 Å². The molecule has 3 aromatic carbocycles. The predicted octanol–water partition coefficient (Wildman–Crippen LogP) is 5.27. The number of ether oxygens (including phenoxy) is 2. The molecule has 1 N–H and O–H groups in total. The van der Waals surface area contributed by atoms with Gasteiger partial charge in [0.2, 0.25) is 0 Å². The van der Waals surface area contributed by atoms with E-state index in [1.54, 1.807) is 43.3 Å². The van der Waals surface area contributed by atoms with Crippen molar-refractivity contribution in [1.29, 1.82) is 0 Å². The van der Waals surface area contributed by atoms with Gasteiger partial charge < -0.3 is 9.47 Å². The van der Waals surface area contributed by atoms with Gasteiger partial charge in [-0.25, -0.2) is 9.29 Å². The third-order valence-corrected chi connectivity index (χ3v) is 6.11. The zero-order valence-electron chi connectivity index (χ0n) is 21.4. The largest absolute Gasteiger partial charge is 0.490 e. The number of nitro benzene ring substituents is 1. The first-order chi connectivity index (χ1) is 19.2. The molecule has 1 aliphatic rings. The minimum absolute atomic E-state index is 0.0300. The highest BCUT2D eigenvalue weighted by atomic mass is 32.1. The number of allylic oxidation sites excluding steroid dienone is 1. The van der Waals surface area contributed by atoms with Crippen molar-refractivity contribution in [3.63, 3.8) is 0 Å². The number of anilines is 1. The lowest BCUT2D eigenvalue weighted by Crippen LogP contribution is -2.54. The van der Waals surface area contributed by atoms with Crippen LogP contribution in [0.25, 0.3) is 6.08 Å². The van der Waals surface area contributed by atoms with Gasteiger partial charge in [0.05, 0.1) is 17.2 Å². The van der Waals surface area contributed by atoms with E-state index < -0.39 is 22.6 Å². The number of thiocarbonyl (C=S) groups is 1. The van der Waals surface area contributed by atoms with E-state index in [1.165, 1.54) is 36.4 Å². The number of amides is 2. The summed E-state index contributed by atoms with van der Waals surface area (Å²) in [6.07, 6.45) is 3.37. The highest BCUT2D eigenvalue weighted by Crippen LogP contribution is 2.36. The fraction of sp³-hybridized carbons (Fsp3) is 0.138. The van der Waals surface area contributed by atoms with Crippen molar-refractivity contribution in [2.24, 2.45) is 0 Å². The number of para-hydroxylation sites is 1. The van der Waals surface area contributed by atoms with Crippen LogP contribution in [-0.4, -0.2) is 28.5 Å². The highest BCUT2D eigenvalue weighted by molar-refractivity contribution is 7.80. The molecule has 204 valence electrons. The molecule has 0 aliphatic carbocycles. The van der Waals surface area contributed by atoms with E-state index in [0.717, 1.165) is 4.90 Å². The number of nitrogens with zero attached hydrogens (tertiary/aromatic N) is 2. The summed E-state index contributed by atoms with van der Waals surface area (Å²) in [4.78, 5) is 37.7.